The molecule has 0 radical (unpaired) electrons. The summed E-state index contributed by atoms with van der Waals surface area (Å²) in [7, 11) is 0. The number of aryl methyl sites for hydroxylation is 1. The highest BCUT2D eigenvalue weighted by Crippen LogP contribution is 2.12. The Labute approximate surface area is 108 Å². The first-order valence-electron chi connectivity index (χ1n) is 5.23. The van der Waals surface area contributed by atoms with Gasteiger partial charge in [0.05, 0.1) is 19.2 Å². The summed E-state index contributed by atoms with van der Waals surface area (Å²) < 4.78 is 1.93. The van der Waals surface area contributed by atoms with E-state index in [1.807, 2.05) is 0 Å². The molecule has 0 aromatic carbocycles. The van der Waals surface area contributed by atoms with E-state index in [1.54, 1.807) is 30.7 Å². The third-order valence-electron chi connectivity index (χ3n) is 2.23. The van der Waals surface area contributed by atoms with E-state index in [0.29, 0.717) is 16.0 Å². The Morgan fingerprint density at radius 1 is 1.39 bits per heavy atom. The van der Waals surface area contributed by atoms with Crippen LogP contribution in [0.5, 0.6) is 0 Å². The van der Waals surface area contributed by atoms with Crippen LogP contribution in [0.4, 0.5) is 0 Å². The Morgan fingerprint density at radius 2 is 2.11 bits per heavy atom. The van der Waals surface area contributed by atoms with Gasteiger partial charge in [0.15, 0.2) is 5.82 Å². The summed E-state index contributed by atoms with van der Waals surface area (Å²) >= 11 is 5.14. The maximum atomic E-state index is 10.5. The number of carboxylic acid groups (broad SMARTS) is 1. The van der Waals surface area contributed by atoms with Crippen molar-refractivity contribution in [1.82, 2.24) is 19.7 Å². The van der Waals surface area contributed by atoms with E-state index >= 15 is 0 Å². The molecule has 2 heterocycles. The molecule has 0 fully saturated rings. The molecule has 0 amide bonds. The average molecular weight is 262 g/mol. The molecule has 0 spiro atoms. The lowest BCUT2D eigenvalue weighted by Crippen LogP contribution is -2.09. The molecule has 0 aliphatic carbocycles. The quantitative estimate of drug-likeness (QED) is 0.842. The zero-order valence-electron chi connectivity index (χ0n) is 9.35. The maximum Gasteiger partial charge on any atom is 0.305 e. The van der Waals surface area contributed by atoms with Crippen LogP contribution < -0.4 is 0 Å². The van der Waals surface area contributed by atoms with Gasteiger partial charge in [-0.2, -0.15) is 5.10 Å². The van der Waals surface area contributed by atoms with E-state index in [2.05, 4.69) is 15.1 Å². The predicted molar refractivity (Wildman–Crippen MR) is 66.3 cm³/mol. The third-order valence-corrected chi connectivity index (χ3v) is 2.56. The lowest BCUT2D eigenvalue weighted by molar-refractivity contribution is -0.137. The van der Waals surface area contributed by atoms with Gasteiger partial charge < -0.3 is 5.11 Å². The second kappa shape index (κ2) is 5.46. The molecule has 18 heavy (non-hydrogen) atoms. The Balaban J connectivity index is 2.25. The van der Waals surface area contributed by atoms with Crippen molar-refractivity contribution in [2.45, 2.75) is 13.0 Å². The minimum Gasteiger partial charge on any atom is -0.481 e. The van der Waals surface area contributed by atoms with Crippen LogP contribution in [0.1, 0.15) is 6.42 Å². The largest absolute Gasteiger partial charge is 0.481 e. The van der Waals surface area contributed by atoms with Crippen molar-refractivity contribution in [1.29, 1.82) is 0 Å². The molecule has 7 heteroatoms. The number of rotatable bonds is 4. The number of aliphatic carboxylic acids is 1. The Morgan fingerprint density at radius 3 is 2.72 bits per heavy atom. The molecule has 0 atom stereocenters. The Hall–Kier alpha value is -2.15. The number of aromatic nitrogens is 4. The second-order valence-electron chi connectivity index (χ2n) is 3.52. The fourth-order valence-corrected chi connectivity index (χ4v) is 1.64. The molecule has 0 aliphatic rings. The van der Waals surface area contributed by atoms with Crippen LogP contribution >= 0.6 is 12.2 Å². The molecule has 0 saturated heterocycles. The van der Waals surface area contributed by atoms with Crippen molar-refractivity contribution in [3.05, 3.63) is 35.4 Å². The van der Waals surface area contributed by atoms with Crippen molar-refractivity contribution in [2.75, 3.05) is 0 Å². The van der Waals surface area contributed by atoms with Gasteiger partial charge in [-0.15, -0.1) is 0 Å². The molecule has 0 saturated carbocycles. The highest BCUT2D eigenvalue weighted by Gasteiger charge is 2.04. The van der Waals surface area contributed by atoms with Crippen LogP contribution in [-0.4, -0.2) is 30.8 Å². The first kappa shape index (κ1) is 12.3. The average Bonchev–Trinajstić information content (AvgIpc) is 2.38. The zero-order chi connectivity index (χ0) is 13.0. The van der Waals surface area contributed by atoms with Crippen LogP contribution in [-0.2, 0) is 11.3 Å². The summed E-state index contributed by atoms with van der Waals surface area (Å²) in [6.45, 7) is 0.254. The summed E-state index contributed by atoms with van der Waals surface area (Å²) in [6.07, 6.45) is 4.84. The molecule has 0 bridgehead atoms. The van der Waals surface area contributed by atoms with Gasteiger partial charge in [0.25, 0.3) is 0 Å². The van der Waals surface area contributed by atoms with Crippen molar-refractivity contribution < 1.29 is 9.90 Å². The van der Waals surface area contributed by atoms with Crippen LogP contribution in [0, 0.1) is 4.64 Å². The van der Waals surface area contributed by atoms with E-state index in [-0.39, 0.29) is 13.0 Å². The lowest BCUT2D eigenvalue weighted by atomic mass is 10.3. The molecule has 2 rings (SSSR count). The summed E-state index contributed by atoms with van der Waals surface area (Å²) in [4.78, 5) is 18.7. The van der Waals surface area contributed by atoms with Crippen molar-refractivity contribution in [3.8, 4) is 11.4 Å². The molecule has 92 valence electrons. The van der Waals surface area contributed by atoms with Gasteiger partial charge in [-0.3, -0.25) is 9.48 Å². The van der Waals surface area contributed by atoms with E-state index in [4.69, 9.17) is 17.3 Å². The maximum absolute atomic E-state index is 10.5. The van der Waals surface area contributed by atoms with Gasteiger partial charge in [-0.05, 0) is 12.1 Å². The normalized spacial score (nSPS) is 10.2. The van der Waals surface area contributed by atoms with Crippen LogP contribution in [0.2, 0.25) is 0 Å². The van der Waals surface area contributed by atoms with Crippen molar-refractivity contribution >= 4 is 18.2 Å². The SMILES string of the molecule is O=C(O)CCn1ncc(-c2ncccn2)cc1=S. The number of hydrogen-bond donors (Lipinski definition) is 1. The topological polar surface area (TPSA) is 80.9 Å². The highest BCUT2D eigenvalue weighted by atomic mass is 32.1. The minimum absolute atomic E-state index is 0.0114. The zero-order valence-corrected chi connectivity index (χ0v) is 10.2. The van der Waals surface area contributed by atoms with Gasteiger partial charge in [-0.1, -0.05) is 12.2 Å². The smallest absolute Gasteiger partial charge is 0.305 e. The molecule has 0 unspecified atom stereocenters. The fourth-order valence-electron chi connectivity index (χ4n) is 1.37. The van der Waals surface area contributed by atoms with E-state index in [1.165, 1.54) is 4.68 Å². The summed E-state index contributed by atoms with van der Waals surface area (Å²) in [5.74, 6) is -0.337. The van der Waals surface area contributed by atoms with Gasteiger partial charge in [0.1, 0.15) is 4.64 Å². The molecule has 2 aromatic rings. The number of nitrogens with zero attached hydrogens (tertiary/aromatic N) is 4. The van der Waals surface area contributed by atoms with Gasteiger partial charge in [-0.25, -0.2) is 9.97 Å². The highest BCUT2D eigenvalue weighted by molar-refractivity contribution is 7.71. The Bertz CT molecular complexity index is 612. The van der Waals surface area contributed by atoms with Crippen molar-refractivity contribution in [2.24, 2.45) is 0 Å². The van der Waals surface area contributed by atoms with Crippen LogP contribution in [0.3, 0.4) is 0 Å². The molecular weight excluding hydrogens is 252 g/mol. The van der Waals surface area contributed by atoms with Gasteiger partial charge in [0, 0.05) is 18.0 Å². The number of carbonyl (C=O) groups is 1. The molecule has 1 N–H and O–H groups in total. The first-order chi connectivity index (χ1) is 8.66. The minimum atomic E-state index is -0.880. The van der Waals surface area contributed by atoms with E-state index in [0.717, 1.165) is 0 Å². The van der Waals surface area contributed by atoms with Crippen LogP contribution in [0.25, 0.3) is 11.4 Å². The third kappa shape index (κ3) is 2.95. The number of carboxylic acids is 1. The van der Waals surface area contributed by atoms with Gasteiger partial charge in [0.2, 0.25) is 0 Å². The lowest BCUT2D eigenvalue weighted by Gasteiger charge is -2.05. The summed E-state index contributed by atoms with van der Waals surface area (Å²) in [5, 5.41) is 12.7. The monoisotopic (exact) mass is 262 g/mol. The molecule has 2 aromatic heterocycles. The summed E-state index contributed by atoms with van der Waals surface area (Å²) in [6, 6.07) is 3.43. The molecular formula is C11H10N4O2S. The number of hydrogen-bond acceptors (Lipinski definition) is 5. The standard InChI is InChI=1S/C11H10N4O2S/c16-10(17)2-5-15-9(18)6-8(7-14-15)11-12-3-1-4-13-11/h1,3-4,6-7H,2,5H2,(H,16,17). The van der Waals surface area contributed by atoms with Gasteiger partial charge >= 0.3 is 5.97 Å². The Kier molecular flexibility index (Phi) is 3.73. The predicted octanol–water partition coefficient (Wildman–Crippen LogP) is 1.54. The molecule has 0 aliphatic heterocycles. The van der Waals surface area contributed by atoms with E-state index in [9.17, 15) is 4.79 Å². The van der Waals surface area contributed by atoms with Crippen molar-refractivity contribution in [3.63, 3.8) is 0 Å². The second-order valence-corrected chi connectivity index (χ2v) is 3.94. The fraction of sp³-hybridized carbons (Fsp3) is 0.182. The van der Waals surface area contributed by atoms with E-state index < -0.39 is 5.97 Å². The first-order valence-corrected chi connectivity index (χ1v) is 5.64. The summed E-state index contributed by atoms with van der Waals surface area (Å²) in [5.41, 5.74) is 0.715. The van der Waals surface area contributed by atoms with Crippen LogP contribution in [0.15, 0.2) is 30.7 Å². The molecule has 6 nitrogen and oxygen atoms in total.